The lowest BCUT2D eigenvalue weighted by Crippen LogP contribution is -2.18. The predicted molar refractivity (Wildman–Crippen MR) is 139 cm³/mol. The molecule has 2 aromatic carbocycles. The summed E-state index contributed by atoms with van der Waals surface area (Å²) in [6.45, 7) is 3.72. The maximum absolute atomic E-state index is 15.7. The van der Waals surface area contributed by atoms with Gasteiger partial charge in [-0.25, -0.2) is 14.4 Å². The largest absolute Gasteiger partial charge is 0.490 e. The van der Waals surface area contributed by atoms with Gasteiger partial charge in [-0.1, -0.05) is 24.3 Å². The van der Waals surface area contributed by atoms with Gasteiger partial charge in [-0.2, -0.15) is 0 Å². The fourth-order valence-corrected chi connectivity index (χ4v) is 5.39. The summed E-state index contributed by atoms with van der Waals surface area (Å²) in [4.78, 5) is 18.0. The van der Waals surface area contributed by atoms with Crippen LogP contribution < -0.4 is 15.4 Å². The number of rotatable bonds is 6. The highest BCUT2D eigenvalue weighted by Gasteiger charge is 2.28. The van der Waals surface area contributed by atoms with Crippen molar-refractivity contribution in [2.75, 3.05) is 38.2 Å². The van der Waals surface area contributed by atoms with E-state index in [4.69, 9.17) is 10.5 Å². The second kappa shape index (κ2) is 9.44. The van der Waals surface area contributed by atoms with Crippen molar-refractivity contribution >= 4 is 22.5 Å². The Hall–Kier alpha value is -3.62. The molecular weight excluding hydrogens is 455 g/mol. The van der Waals surface area contributed by atoms with E-state index >= 15 is 4.39 Å². The summed E-state index contributed by atoms with van der Waals surface area (Å²) in [7, 11) is 2.11. The van der Waals surface area contributed by atoms with Crippen LogP contribution in [-0.2, 0) is 13.0 Å². The lowest BCUT2D eigenvalue weighted by atomic mass is 9.97. The maximum Gasteiger partial charge on any atom is 0.172 e. The summed E-state index contributed by atoms with van der Waals surface area (Å²) in [6.07, 6.45) is 5.19. The summed E-state index contributed by atoms with van der Waals surface area (Å²) in [5, 5.41) is 0. The Morgan fingerprint density at radius 3 is 2.78 bits per heavy atom. The lowest BCUT2D eigenvalue weighted by Gasteiger charge is -2.20. The molecule has 6 rings (SSSR count). The molecule has 4 aromatic rings. The molecule has 1 atom stereocenters. The third-order valence-electron chi connectivity index (χ3n) is 7.25. The molecule has 2 N–H and O–H groups in total. The first-order chi connectivity index (χ1) is 17.6. The Labute approximate surface area is 209 Å². The molecule has 1 fully saturated rings. The van der Waals surface area contributed by atoms with E-state index in [9.17, 15) is 0 Å². The molecule has 2 aliphatic heterocycles. The van der Waals surface area contributed by atoms with Crippen LogP contribution >= 0.6 is 0 Å². The number of hydrogen-bond acceptors (Lipinski definition) is 7. The van der Waals surface area contributed by atoms with Crippen LogP contribution in [0.2, 0.25) is 0 Å². The van der Waals surface area contributed by atoms with E-state index < -0.39 is 0 Å². The highest BCUT2D eigenvalue weighted by molar-refractivity contribution is 5.90. The quantitative estimate of drug-likeness (QED) is 0.437. The van der Waals surface area contributed by atoms with Gasteiger partial charge in [-0.05, 0) is 61.3 Å². The zero-order valence-electron chi connectivity index (χ0n) is 20.3. The molecule has 7 nitrogen and oxygen atoms in total. The number of benzene rings is 2. The molecule has 0 unspecified atom stereocenters. The van der Waals surface area contributed by atoms with Crippen LogP contribution in [0, 0.1) is 11.7 Å². The van der Waals surface area contributed by atoms with Gasteiger partial charge in [0, 0.05) is 43.0 Å². The first-order valence-electron chi connectivity index (χ1n) is 12.4. The molecule has 0 radical (unpaired) electrons. The van der Waals surface area contributed by atoms with Crippen LogP contribution in [0.4, 0.5) is 15.9 Å². The molecule has 0 saturated carbocycles. The monoisotopic (exact) mass is 484 g/mol. The van der Waals surface area contributed by atoms with E-state index in [2.05, 4.69) is 37.9 Å². The number of aromatic nitrogens is 3. The van der Waals surface area contributed by atoms with Crippen molar-refractivity contribution in [2.45, 2.75) is 19.4 Å². The molecule has 0 amide bonds. The van der Waals surface area contributed by atoms with E-state index in [1.54, 1.807) is 18.6 Å². The zero-order valence-corrected chi connectivity index (χ0v) is 20.3. The van der Waals surface area contributed by atoms with Crippen LogP contribution in [0.25, 0.3) is 22.2 Å². The van der Waals surface area contributed by atoms with Crippen molar-refractivity contribution in [1.82, 2.24) is 19.9 Å². The molecular formula is C28H29FN6O. The van der Waals surface area contributed by atoms with Gasteiger partial charge in [0.2, 0.25) is 0 Å². The molecule has 0 aliphatic carbocycles. The number of nitrogens with two attached hydrogens (primary N) is 1. The third-order valence-corrected chi connectivity index (χ3v) is 7.25. The van der Waals surface area contributed by atoms with Crippen LogP contribution in [-0.4, -0.2) is 53.1 Å². The number of anilines is 2. The molecule has 2 aromatic heterocycles. The van der Waals surface area contributed by atoms with E-state index in [1.165, 1.54) is 0 Å². The molecule has 2 aliphatic rings. The Kier molecular flexibility index (Phi) is 5.99. The highest BCUT2D eigenvalue weighted by atomic mass is 19.1. The highest BCUT2D eigenvalue weighted by Crippen LogP contribution is 2.42. The van der Waals surface area contributed by atoms with Crippen molar-refractivity contribution in [3.63, 3.8) is 0 Å². The Bertz CT molecular complexity index is 1430. The first kappa shape index (κ1) is 22.8. The van der Waals surface area contributed by atoms with Gasteiger partial charge in [0.05, 0.1) is 12.1 Å². The van der Waals surface area contributed by atoms with Crippen LogP contribution in [0.3, 0.4) is 0 Å². The molecule has 184 valence electrons. The molecule has 8 heteroatoms. The average molecular weight is 485 g/mol. The van der Waals surface area contributed by atoms with Crippen molar-refractivity contribution in [3.8, 4) is 16.9 Å². The third kappa shape index (κ3) is 4.06. The molecule has 0 bridgehead atoms. The number of ether oxygens (including phenoxy) is 1. The van der Waals surface area contributed by atoms with E-state index in [-0.39, 0.29) is 5.82 Å². The fraction of sp³-hybridized carbons (Fsp3) is 0.321. The Balaban J connectivity index is 1.33. The van der Waals surface area contributed by atoms with Crippen molar-refractivity contribution in [3.05, 3.63) is 71.9 Å². The smallest absolute Gasteiger partial charge is 0.172 e. The normalized spacial score (nSPS) is 17.6. The van der Waals surface area contributed by atoms with Gasteiger partial charge in [0.25, 0.3) is 0 Å². The van der Waals surface area contributed by atoms with Crippen molar-refractivity contribution < 1.29 is 9.13 Å². The van der Waals surface area contributed by atoms with Gasteiger partial charge in [0.15, 0.2) is 17.4 Å². The van der Waals surface area contributed by atoms with Crippen molar-refractivity contribution in [2.24, 2.45) is 11.7 Å². The standard InChI is InChI=1S/C28H29FN6O/c1-34-10-8-18(15-34)16-36-25-7-3-5-22(26(25)29)20-4-2-6-24-21(20)9-11-35(24)28-27-23(32-17-33-28)12-19(13-30)14-31-27/h2-7,12,14,17-18H,8-11,13,15-16,30H2,1H3/t18-/m0/s1. The van der Waals surface area contributed by atoms with E-state index in [1.807, 2.05) is 30.3 Å². The zero-order chi connectivity index (χ0) is 24.6. The topological polar surface area (TPSA) is 80.4 Å². The minimum absolute atomic E-state index is 0.306. The summed E-state index contributed by atoms with van der Waals surface area (Å²) < 4.78 is 21.6. The van der Waals surface area contributed by atoms with Crippen LogP contribution in [0.5, 0.6) is 5.75 Å². The molecule has 1 saturated heterocycles. The summed E-state index contributed by atoms with van der Waals surface area (Å²) >= 11 is 0. The van der Waals surface area contributed by atoms with Gasteiger partial charge >= 0.3 is 0 Å². The van der Waals surface area contributed by atoms with Crippen LogP contribution in [0.15, 0.2) is 55.0 Å². The number of hydrogen-bond donors (Lipinski definition) is 1. The average Bonchev–Trinajstić information content (AvgIpc) is 3.53. The SMILES string of the molecule is CN1CC[C@H](COc2cccc(-c3cccc4c3CCN4c3ncnc4cc(CN)cnc34)c2F)C1. The van der Waals surface area contributed by atoms with E-state index in [0.29, 0.717) is 30.4 Å². The summed E-state index contributed by atoms with van der Waals surface area (Å²) in [6, 6.07) is 13.4. The van der Waals surface area contributed by atoms with Gasteiger partial charge in [0.1, 0.15) is 11.8 Å². The number of nitrogens with zero attached hydrogens (tertiary/aromatic N) is 5. The summed E-state index contributed by atoms with van der Waals surface area (Å²) in [5.74, 6) is 1.19. The Morgan fingerprint density at radius 1 is 1.08 bits per heavy atom. The minimum atomic E-state index is -0.306. The first-order valence-corrected chi connectivity index (χ1v) is 12.4. The molecule has 4 heterocycles. The lowest BCUT2D eigenvalue weighted by molar-refractivity contribution is 0.240. The van der Waals surface area contributed by atoms with Crippen molar-refractivity contribution in [1.29, 1.82) is 0 Å². The number of likely N-dealkylation sites (tertiary alicyclic amines) is 1. The van der Waals surface area contributed by atoms with Gasteiger partial charge in [-0.3, -0.25) is 4.98 Å². The molecule has 36 heavy (non-hydrogen) atoms. The number of halogens is 1. The Morgan fingerprint density at radius 2 is 1.94 bits per heavy atom. The summed E-state index contributed by atoms with van der Waals surface area (Å²) in [5.41, 5.74) is 11.7. The van der Waals surface area contributed by atoms with Gasteiger partial charge in [-0.15, -0.1) is 0 Å². The number of fused-ring (bicyclic) bond motifs is 2. The maximum atomic E-state index is 15.7. The molecule has 0 spiro atoms. The minimum Gasteiger partial charge on any atom is -0.490 e. The second-order valence-electron chi connectivity index (χ2n) is 9.66. The predicted octanol–water partition coefficient (Wildman–Crippen LogP) is 4.31. The second-order valence-corrected chi connectivity index (χ2v) is 9.66. The van der Waals surface area contributed by atoms with E-state index in [0.717, 1.165) is 71.7 Å². The van der Waals surface area contributed by atoms with Crippen LogP contribution in [0.1, 0.15) is 17.5 Å². The van der Waals surface area contributed by atoms with Gasteiger partial charge < -0.3 is 20.3 Å². The fourth-order valence-electron chi connectivity index (χ4n) is 5.39. The number of pyridine rings is 1.